The smallest absolute Gasteiger partial charge is 0.241 e. The van der Waals surface area contributed by atoms with Crippen molar-refractivity contribution in [1.29, 1.82) is 0 Å². The Bertz CT molecular complexity index is 654. The van der Waals surface area contributed by atoms with E-state index in [0.717, 1.165) is 22.3 Å². The van der Waals surface area contributed by atoms with E-state index in [-0.39, 0.29) is 11.9 Å². The maximum absolute atomic E-state index is 12.4. The van der Waals surface area contributed by atoms with Crippen LogP contribution in [0.1, 0.15) is 32.1 Å². The zero-order valence-electron chi connectivity index (χ0n) is 11.8. The Kier molecular flexibility index (Phi) is 3.39. The average molecular weight is 301 g/mol. The summed E-state index contributed by atoms with van der Waals surface area (Å²) in [5.74, 6) is 0.798. The van der Waals surface area contributed by atoms with Crippen molar-refractivity contribution < 1.29 is 4.79 Å². The molecule has 21 heavy (non-hydrogen) atoms. The summed E-state index contributed by atoms with van der Waals surface area (Å²) >= 11 is 1.60. The van der Waals surface area contributed by atoms with Crippen LogP contribution < -0.4 is 10.6 Å². The van der Waals surface area contributed by atoms with Gasteiger partial charge < -0.3 is 10.6 Å². The molecule has 0 bridgehead atoms. The zero-order valence-corrected chi connectivity index (χ0v) is 12.7. The van der Waals surface area contributed by atoms with Gasteiger partial charge in [0.1, 0.15) is 0 Å². The van der Waals surface area contributed by atoms with Gasteiger partial charge in [-0.2, -0.15) is 0 Å². The van der Waals surface area contributed by atoms with Gasteiger partial charge in [0, 0.05) is 11.7 Å². The first-order chi connectivity index (χ1) is 10.3. The molecule has 2 fully saturated rings. The summed E-state index contributed by atoms with van der Waals surface area (Å²) in [6.07, 6.45) is 6.10. The number of thiazole rings is 1. The largest absolute Gasteiger partial charge is 0.325 e. The van der Waals surface area contributed by atoms with Crippen LogP contribution in [-0.4, -0.2) is 23.0 Å². The molecule has 1 amide bonds. The van der Waals surface area contributed by atoms with Crippen molar-refractivity contribution in [3.8, 4) is 0 Å². The van der Waals surface area contributed by atoms with Gasteiger partial charge in [-0.15, -0.1) is 11.3 Å². The number of carbonyl (C=O) groups excluding carboxylic acids is 1. The molecule has 1 aliphatic carbocycles. The number of rotatable bonds is 2. The van der Waals surface area contributed by atoms with Crippen molar-refractivity contribution >= 4 is 33.1 Å². The summed E-state index contributed by atoms with van der Waals surface area (Å²) in [5, 5.41) is 6.58. The summed E-state index contributed by atoms with van der Waals surface area (Å²) in [6.45, 7) is 0. The second kappa shape index (κ2) is 5.39. The SMILES string of the molecule is O=C(Nc1ccc2ncsc2c1)C1CC2CCCCC2N1. The van der Waals surface area contributed by atoms with Gasteiger partial charge in [-0.05, 0) is 43.4 Å². The van der Waals surface area contributed by atoms with E-state index in [0.29, 0.717) is 12.0 Å². The molecule has 3 atom stereocenters. The first kappa shape index (κ1) is 13.2. The van der Waals surface area contributed by atoms with Crippen LogP contribution in [0.2, 0.25) is 0 Å². The molecule has 2 aromatic rings. The molecule has 1 aliphatic heterocycles. The number of hydrogen-bond acceptors (Lipinski definition) is 4. The van der Waals surface area contributed by atoms with E-state index in [1.807, 2.05) is 23.7 Å². The van der Waals surface area contributed by atoms with E-state index in [2.05, 4.69) is 15.6 Å². The summed E-state index contributed by atoms with van der Waals surface area (Å²) in [4.78, 5) is 16.7. The molecule has 110 valence electrons. The molecule has 4 rings (SSSR count). The van der Waals surface area contributed by atoms with Gasteiger partial charge in [-0.25, -0.2) is 4.98 Å². The van der Waals surface area contributed by atoms with Crippen molar-refractivity contribution in [2.24, 2.45) is 5.92 Å². The summed E-state index contributed by atoms with van der Waals surface area (Å²) in [5.41, 5.74) is 3.69. The van der Waals surface area contributed by atoms with E-state index in [4.69, 9.17) is 0 Å². The molecule has 2 aliphatic rings. The molecule has 1 saturated heterocycles. The Morgan fingerprint density at radius 1 is 1.33 bits per heavy atom. The maximum atomic E-state index is 12.4. The van der Waals surface area contributed by atoms with Crippen LogP contribution in [0.25, 0.3) is 10.2 Å². The second-order valence-corrected chi connectivity index (χ2v) is 7.02. The lowest BCUT2D eigenvalue weighted by Crippen LogP contribution is -2.39. The highest BCUT2D eigenvalue weighted by Crippen LogP contribution is 2.33. The fourth-order valence-electron chi connectivity index (χ4n) is 3.68. The van der Waals surface area contributed by atoms with Crippen LogP contribution in [0.3, 0.4) is 0 Å². The molecule has 1 aromatic carbocycles. The highest BCUT2D eigenvalue weighted by molar-refractivity contribution is 7.16. The van der Waals surface area contributed by atoms with Crippen LogP contribution in [0.15, 0.2) is 23.7 Å². The third kappa shape index (κ3) is 2.56. The van der Waals surface area contributed by atoms with Gasteiger partial charge in [0.15, 0.2) is 0 Å². The molecule has 1 saturated carbocycles. The maximum Gasteiger partial charge on any atom is 0.241 e. The molecular weight excluding hydrogens is 282 g/mol. The van der Waals surface area contributed by atoms with Crippen LogP contribution in [0, 0.1) is 5.92 Å². The Labute approximate surface area is 128 Å². The number of amides is 1. The molecule has 2 N–H and O–H groups in total. The lowest BCUT2D eigenvalue weighted by atomic mass is 9.85. The van der Waals surface area contributed by atoms with E-state index in [9.17, 15) is 4.79 Å². The van der Waals surface area contributed by atoms with E-state index in [1.165, 1.54) is 25.7 Å². The Hall–Kier alpha value is -1.46. The lowest BCUT2D eigenvalue weighted by molar-refractivity contribution is -0.117. The highest BCUT2D eigenvalue weighted by atomic mass is 32.1. The number of hydrogen-bond donors (Lipinski definition) is 2. The fourth-order valence-corrected chi connectivity index (χ4v) is 4.40. The van der Waals surface area contributed by atoms with Crippen LogP contribution >= 0.6 is 11.3 Å². The van der Waals surface area contributed by atoms with Gasteiger partial charge in [0.2, 0.25) is 5.91 Å². The first-order valence-corrected chi connectivity index (χ1v) is 8.58. The summed E-state index contributed by atoms with van der Waals surface area (Å²) in [6, 6.07) is 6.42. The lowest BCUT2D eigenvalue weighted by Gasteiger charge is -2.24. The number of aromatic nitrogens is 1. The number of benzene rings is 1. The Morgan fingerprint density at radius 3 is 3.14 bits per heavy atom. The molecule has 3 unspecified atom stereocenters. The molecular formula is C16H19N3OS. The van der Waals surface area contributed by atoms with Gasteiger partial charge in [-0.1, -0.05) is 12.8 Å². The minimum Gasteiger partial charge on any atom is -0.325 e. The third-order valence-electron chi connectivity index (χ3n) is 4.78. The number of anilines is 1. The summed E-state index contributed by atoms with van der Waals surface area (Å²) in [7, 11) is 0. The van der Waals surface area contributed by atoms with Crippen molar-refractivity contribution in [3.63, 3.8) is 0 Å². The first-order valence-electron chi connectivity index (χ1n) is 7.70. The minimum atomic E-state index is -0.0322. The summed E-state index contributed by atoms with van der Waals surface area (Å²) < 4.78 is 1.11. The van der Waals surface area contributed by atoms with E-state index < -0.39 is 0 Å². The monoisotopic (exact) mass is 301 g/mol. The zero-order chi connectivity index (χ0) is 14.2. The third-order valence-corrected chi connectivity index (χ3v) is 5.57. The van der Waals surface area contributed by atoms with Crippen LogP contribution in [-0.2, 0) is 4.79 Å². The second-order valence-electron chi connectivity index (χ2n) is 6.13. The van der Waals surface area contributed by atoms with Crippen LogP contribution in [0.5, 0.6) is 0 Å². The van der Waals surface area contributed by atoms with E-state index >= 15 is 0 Å². The molecule has 5 heteroatoms. The van der Waals surface area contributed by atoms with Gasteiger partial charge in [0.05, 0.1) is 21.8 Å². The predicted molar refractivity (Wildman–Crippen MR) is 85.5 cm³/mol. The minimum absolute atomic E-state index is 0.0322. The molecule has 4 nitrogen and oxygen atoms in total. The normalized spacial score (nSPS) is 28.5. The molecule has 1 aromatic heterocycles. The number of fused-ring (bicyclic) bond motifs is 2. The van der Waals surface area contributed by atoms with Gasteiger partial charge in [-0.3, -0.25) is 4.79 Å². The number of carbonyl (C=O) groups is 1. The van der Waals surface area contributed by atoms with Gasteiger partial charge in [0.25, 0.3) is 0 Å². The highest BCUT2D eigenvalue weighted by Gasteiger charge is 2.38. The van der Waals surface area contributed by atoms with Crippen molar-refractivity contribution in [2.75, 3.05) is 5.32 Å². The molecule has 0 radical (unpaired) electrons. The van der Waals surface area contributed by atoms with E-state index in [1.54, 1.807) is 11.3 Å². The number of nitrogens with one attached hydrogen (secondary N) is 2. The topological polar surface area (TPSA) is 54.0 Å². The quantitative estimate of drug-likeness (QED) is 0.896. The van der Waals surface area contributed by atoms with Crippen molar-refractivity contribution in [2.45, 2.75) is 44.2 Å². The van der Waals surface area contributed by atoms with Gasteiger partial charge >= 0.3 is 0 Å². The molecule has 0 spiro atoms. The molecule has 2 heterocycles. The van der Waals surface area contributed by atoms with Crippen molar-refractivity contribution in [1.82, 2.24) is 10.3 Å². The Morgan fingerprint density at radius 2 is 2.24 bits per heavy atom. The number of nitrogens with zero attached hydrogens (tertiary/aromatic N) is 1. The van der Waals surface area contributed by atoms with Crippen molar-refractivity contribution in [3.05, 3.63) is 23.7 Å². The average Bonchev–Trinajstić information content (AvgIpc) is 3.13. The standard InChI is InChI=1S/C16H19N3OS/c20-16(14-7-10-3-1-2-4-12(10)19-14)18-11-5-6-13-15(8-11)21-9-17-13/h5-6,8-10,12,14,19H,1-4,7H2,(H,18,20). The fraction of sp³-hybridized carbons (Fsp3) is 0.500. The Balaban J connectivity index is 1.45. The van der Waals surface area contributed by atoms with Crippen LogP contribution in [0.4, 0.5) is 5.69 Å². The predicted octanol–water partition coefficient (Wildman–Crippen LogP) is 3.16.